The van der Waals surface area contributed by atoms with Gasteiger partial charge in [0, 0.05) is 18.9 Å². The molecule has 6 heteroatoms. The van der Waals surface area contributed by atoms with Crippen molar-refractivity contribution < 1.29 is 23.8 Å². The van der Waals surface area contributed by atoms with E-state index < -0.39 is 17.6 Å². The fourth-order valence-electron chi connectivity index (χ4n) is 2.98. The summed E-state index contributed by atoms with van der Waals surface area (Å²) in [5.41, 5.74) is 0.317. The van der Waals surface area contributed by atoms with E-state index in [0.29, 0.717) is 13.2 Å². The van der Waals surface area contributed by atoms with Crippen molar-refractivity contribution >= 4 is 11.7 Å². The Morgan fingerprint density at radius 2 is 1.95 bits per heavy atom. The second kappa shape index (κ2) is 5.61. The summed E-state index contributed by atoms with van der Waals surface area (Å²) in [6.45, 7) is 1.26. The lowest BCUT2D eigenvalue weighted by Crippen LogP contribution is -2.39. The van der Waals surface area contributed by atoms with Gasteiger partial charge in [-0.15, -0.1) is 0 Å². The summed E-state index contributed by atoms with van der Waals surface area (Å²) in [6.07, 6.45) is 3.14. The van der Waals surface area contributed by atoms with Crippen molar-refractivity contribution in [3.63, 3.8) is 0 Å². The van der Waals surface area contributed by atoms with Gasteiger partial charge in [0.15, 0.2) is 5.79 Å². The SMILES string of the molecule is O=C(O)c1ccc(F)c(NC2CCC3(CC2)OCCO3)c1. The van der Waals surface area contributed by atoms with E-state index in [1.807, 2.05) is 0 Å². The van der Waals surface area contributed by atoms with Gasteiger partial charge in [0.05, 0.1) is 24.5 Å². The van der Waals surface area contributed by atoms with Gasteiger partial charge < -0.3 is 19.9 Å². The summed E-state index contributed by atoms with van der Waals surface area (Å²) >= 11 is 0. The monoisotopic (exact) mass is 295 g/mol. The van der Waals surface area contributed by atoms with E-state index in [-0.39, 0.29) is 17.3 Å². The first-order valence-electron chi connectivity index (χ1n) is 7.15. The first kappa shape index (κ1) is 14.3. The predicted molar refractivity (Wildman–Crippen MR) is 73.9 cm³/mol. The van der Waals surface area contributed by atoms with Gasteiger partial charge in [-0.1, -0.05) is 0 Å². The quantitative estimate of drug-likeness (QED) is 0.897. The lowest BCUT2D eigenvalue weighted by Gasteiger charge is -2.36. The second-order valence-electron chi connectivity index (χ2n) is 5.53. The zero-order chi connectivity index (χ0) is 14.9. The number of rotatable bonds is 3. The van der Waals surface area contributed by atoms with Gasteiger partial charge in [0.2, 0.25) is 0 Å². The molecule has 2 N–H and O–H groups in total. The molecule has 0 aromatic heterocycles. The summed E-state index contributed by atoms with van der Waals surface area (Å²) in [5.74, 6) is -1.94. The molecule has 5 nitrogen and oxygen atoms in total. The van der Waals surface area contributed by atoms with Crippen molar-refractivity contribution in [3.8, 4) is 0 Å². The molecule has 1 aliphatic carbocycles. The zero-order valence-corrected chi connectivity index (χ0v) is 11.6. The Hall–Kier alpha value is -1.66. The van der Waals surface area contributed by atoms with Crippen LogP contribution >= 0.6 is 0 Å². The first-order chi connectivity index (χ1) is 10.1. The summed E-state index contributed by atoms with van der Waals surface area (Å²) in [4.78, 5) is 10.9. The third kappa shape index (κ3) is 3.01. The maximum atomic E-state index is 13.8. The Labute approximate surface area is 122 Å². The normalized spacial score (nSPS) is 21.6. The molecule has 114 valence electrons. The first-order valence-corrected chi connectivity index (χ1v) is 7.15. The molecule has 1 spiro atoms. The van der Waals surface area contributed by atoms with Crippen LogP contribution in [0.15, 0.2) is 18.2 Å². The third-order valence-electron chi connectivity index (χ3n) is 4.13. The molecule has 0 unspecified atom stereocenters. The van der Waals surface area contributed by atoms with E-state index in [4.69, 9.17) is 14.6 Å². The largest absolute Gasteiger partial charge is 0.478 e. The summed E-state index contributed by atoms with van der Waals surface area (Å²) < 4.78 is 25.1. The number of carbonyl (C=O) groups is 1. The topological polar surface area (TPSA) is 67.8 Å². The Morgan fingerprint density at radius 3 is 2.57 bits per heavy atom. The van der Waals surface area contributed by atoms with Gasteiger partial charge in [-0.3, -0.25) is 0 Å². The number of carboxylic acid groups (broad SMARTS) is 1. The standard InChI is InChI=1S/C15H18FNO4/c16-12-2-1-10(14(18)19)9-13(12)17-11-3-5-15(6-4-11)20-7-8-21-15/h1-2,9,11,17H,3-8H2,(H,18,19). The molecule has 0 radical (unpaired) electrons. The Balaban J connectivity index is 1.65. The van der Waals surface area contributed by atoms with Gasteiger partial charge >= 0.3 is 5.97 Å². The molecule has 2 aliphatic rings. The molecule has 1 aliphatic heterocycles. The van der Waals surface area contributed by atoms with Crippen LogP contribution in [0.25, 0.3) is 0 Å². The highest BCUT2D eigenvalue weighted by Crippen LogP contribution is 2.36. The van der Waals surface area contributed by atoms with Crippen molar-refractivity contribution in [1.29, 1.82) is 0 Å². The molecule has 0 atom stereocenters. The van der Waals surface area contributed by atoms with Gasteiger partial charge in [0.25, 0.3) is 0 Å². The Bertz CT molecular complexity index is 532. The van der Waals surface area contributed by atoms with E-state index in [2.05, 4.69) is 5.32 Å². The maximum absolute atomic E-state index is 13.8. The smallest absolute Gasteiger partial charge is 0.335 e. The molecule has 0 bridgehead atoms. The minimum absolute atomic E-state index is 0.0774. The Morgan fingerprint density at radius 1 is 1.29 bits per heavy atom. The maximum Gasteiger partial charge on any atom is 0.335 e. The number of ether oxygens (including phenoxy) is 2. The molecule has 3 rings (SSSR count). The van der Waals surface area contributed by atoms with Gasteiger partial charge in [0.1, 0.15) is 5.82 Å². The van der Waals surface area contributed by atoms with Crippen molar-refractivity contribution in [2.75, 3.05) is 18.5 Å². The minimum Gasteiger partial charge on any atom is -0.478 e. The van der Waals surface area contributed by atoms with Crippen LogP contribution in [0, 0.1) is 5.82 Å². The van der Waals surface area contributed by atoms with Crippen molar-refractivity contribution in [3.05, 3.63) is 29.6 Å². The third-order valence-corrected chi connectivity index (χ3v) is 4.13. The van der Waals surface area contributed by atoms with Crippen molar-refractivity contribution in [2.24, 2.45) is 0 Å². The van der Waals surface area contributed by atoms with Crippen LogP contribution in [-0.4, -0.2) is 36.1 Å². The van der Waals surface area contributed by atoms with Crippen LogP contribution in [0.2, 0.25) is 0 Å². The summed E-state index contributed by atoms with van der Waals surface area (Å²) in [6, 6.07) is 3.88. The van der Waals surface area contributed by atoms with Crippen LogP contribution in [0.4, 0.5) is 10.1 Å². The number of aromatic carboxylic acids is 1. The average Bonchev–Trinajstić information content (AvgIpc) is 2.92. The number of hydrogen-bond acceptors (Lipinski definition) is 4. The molecule has 2 fully saturated rings. The molecule has 1 heterocycles. The molecular weight excluding hydrogens is 277 g/mol. The van der Waals surface area contributed by atoms with E-state index in [0.717, 1.165) is 25.7 Å². The lowest BCUT2D eigenvalue weighted by molar-refractivity contribution is -0.177. The fourth-order valence-corrected chi connectivity index (χ4v) is 2.98. The Kier molecular flexibility index (Phi) is 3.82. The number of anilines is 1. The van der Waals surface area contributed by atoms with Crippen LogP contribution in [-0.2, 0) is 9.47 Å². The molecule has 1 saturated carbocycles. The molecular formula is C15H18FNO4. The average molecular weight is 295 g/mol. The number of nitrogens with one attached hydrogen (secondary N) is 1. The lowest BCUT2D eigenvalue weighted by atomic mass is 9.90. The van der Waals surface area contributed by atoms with Gasteiger partial charge in [-0.25, -0.2) is 9.18 Å². The van der Waals surface area contributed by atoms with Crippen LogP contribution in [0.3, 0.4) is 0 Å². The number of halogens is 1. The minimum atomic E-state index is -1.06. The summed E-state index contributed by atoms with van der Waals surface area (Å²) in [5, 5.41) is 12.1. The highest BCUT2D eigenvalue weighted by atomic mass is 19.1. The van der Waals surface area contributed by atoms with E-state index in [1.165, 1.54) is 18.2 Å². The van der Waals surface area contributed by atoms with E-state index >= 15 is 0 Å². The molecule has 1 aromatic rings. The van der Waals surface area contributed by atoms with E-state index in [1.54, 1.807) is 0 Å². The van der Waals surface area contributed by atoms with Crippen LogP contribution in [0.5, 0.6) is 0 Å². The molecule has 21 heavy (non-hydrogen) atoms. The number of benzene rings is 1. The van der Waals surface area contributed by atoms with Gasteiger partial charge in [-0.05, 0) is 31.0 Å². The van der Waals surface area contributed by atoms with Crippen LogP contribution < -0.4 is 5.32 Å². The number of carboxylic acids is 1. The highest BCUT2D eigenvalue weighted by Gasteiger charge is 2.40. The van der Waals surface area contributed by atoms with Gasteiger partial charge in [-0.2, -0.15) is 0 Å². The molecule has 1 aromatic carbocycles. The number of hydrogen-bond donors (Lipinski definition) is 2. The van der Waals surface area contributed by atoms with Crippen LogP contribution in [0.1, 0.15) is 36.0 Å². The predicted octanol–water partition coefficient (Wildman–Crippen LogP) is 2.62. The fraction of sp³-hybridized carbons (Fsp3) is 0.533. The van der Waals surface area contributed by atoms with Crippen molar-refractivity contribution in [2.45, 2.75) is 37.5 Å². The molecule has 0 amide bonds. The second-order valence-corrected chi connectivity index (χ2v) is 5.53. The van der Waals surface area contributed by atoms with Crippen molar-refractivity contribution in [1.82, 2.24) is 0 Å². The molecule has 1 saturated heterocycles. The highest BCUT2D eigenvalue weighted by molar-refractivity contribution is 5.88. The zero-order valence-electron chi connectivity index (χ0n) is 11.6. The summed E-state index contributed by atoms with van der Waals surface area (Å²) in [7, 11) is 0. The van der Waals surface area contributed by atoms with E-state index in [9.17, 15) is 9.18 Å².